The van der Waals surface area contributed by atoms with E-state index in [0.29, 0.717) is 42.9 Å². The van der Waals surface area contributed by atoms with Crippen molar-refractivity contribution in [2.24, 2.45) is 0 Å². The molecule has 0 aliphatic rings. The van der Waals surface area contributed by atoms with E-state index in [1.54, 1.807) is 6.92 Å². The number of hydrogen-bond donors (Lipinski definition) is 0. The first kappa shape index (κ1) is 16.0. The summed E-state index contributed by atoms with van der Waals surface area (Å²) < 4.78 is 20.2. The topological polar surface area (TPSA) is 44.1 Å². The lowest BCUT2D eigenvalue weighted by Crippen LogP contribution is -2.08. The van der Waals surface area contributed by atoms with Crippen LogP contribution in [0.1, 0.15) is 25.6 Å². The van der Waals surface area contributed by atoms with Gasteiger partial charge in [-0.25, -0.2) is 9.37 Å². The fraction of sp³-hybridized carbons (Fsp3) is 0.429. The Labute approximate surface area is 131 Å². The second-order valence-corrected chi connectivity index (χ2v) is 5.15. The summed E-state index contributed by atoms with van der Waals surface area (Å²) in [6.45, 7) is 2.68. The number of hydrogen-bond acceptors (Lipinski definition) is 3. The van der Waals surface area contributed by atoms with Gasteiger partial charge in [0.15, 0.2) is 0 Å². The monoisotopic (exact) mass is 332 g/mol. The van der Waals surface area contributed by atoms with Crippen molar-refractivity contribution < 1.29 is 13.9 Å². The van der Waals surface area contributed by atoms with Gasteiger partial charge in [-0.1, -0.05) is 11.6 Å². The molecule has 0 atom stereocenters. The highest BCUT2D eigenvalue weighted by molar-refractivity contribution is 6.31. The number of benzene rings is 1. The fourth-order valence-corrected chi connectivity index (χ4v) is 2.50. The number of fused-ring (bicyclic) bond motifs is 1. The second kappa shape index (κ2) is 7.09. The molecule has 1 aromatic heterocycles. The van der Waals surface area contributed by atoms with Crippen LogP contribution in [-0.2, 0) is 22.0 Å². The van der Waals surface area contributed by atoms with Gasteiger partial charge in [-0.15, -0.1) is 11.6 Å². The number of halogens is 3. The van der Waals surface area contributed by atoms with E-state index in [1.807, 2.05) is 4.57 Å². The molecule has 2 rings (SSSR count). The van der Waals surface area contributed by atoms with E-state index in [1.165, 1.54) is 12.1 Å². The molecule has 114 valence electrons. The highest BCUT2D eigenvalue weighted by Gasteiger charge is 2.13. The van der Waals surface area contributed by atoms with Crippen molar-refractivity contribution in [3.63, 3.8) is 0 Å². The molecule has 0 amide bonds. The predicted octanol–water partition coefficient (Wildman–Crippen LogP) is 3.91. The number of carbonyl (C=O) groups is 1. The Kier molecular flexibility index (Phi) is 5.42. The maximum absolute atomic E-state index is 13.5. The lowest BCUT2D eigenvalue weighted by atomic mass is 10.2. The molecule has 0 N–H and O–H groups in total. The number of ether oxygens (including phenoxy) is 1. The van der Waals surface area contributed by atoms with Crippen molar-refractivity contribution in [3.05, 3.63) is 28.8 Å². The number of rotatable bonds is 6. The molecule has 7 heteroatoms. The minimum atomic E-state index is -0.513. The smallest absolute Gasteiger partial charge is 0.305 e. The average Bonchev–Trinajstić information content (AvgIpc) is 2.77. The predicted molar refractivity (Wildman–Crippen MR) is 80.1 cm³/mol. The summed E-state index contributed by atoms with van der Waals surface area (Å²) in [5.41, 5.74) is 1.21. The zero-order valence-electron chi connectivity index (χ0n) is 11.5. The molecule has 0 aliphatic heterocycles. The van der Waals surface area contributed by atoms with E-state index in [9.17, 15) is 9.18 Å². The SMILES string of the molecule is CCOC(=O)CCCn1c(CCl)nc2cc(F)c(Cl)cc21. The van der Waals surface area contributed by atoms with Gasteiger partial charge < -0.3 is 9.30 Å². The summed E-state index contributed by atoms with van der Waals surface area (Å²) >= 11 is 11.7. The van der Waals surface area contributed by atoms with E-state index in [0.717, 1.165) is 0 Å². The van der Waals surface area contributed by atoms with Gasteiger partial charge in [0, 0.05) is 19.0 Å². The van der Waals surface area contributed by atoms with Crippen molar-refractivity contribution in [1.82, 2.24) is 9.55 Å². The second-order valence-electron chi connectivity index (χ2n) is 4.48. The molecule has 0 spiro atoms. The van der Waals surface area contributed by atoms with Crippen molar-refractivity contribution in [3.8, 4) is 0 Å². The Morgan fingerprint density at radius 2 is 2.24 bits per heavy atom. The molecule has 21 heavy (non-hydrogen) atoms. The van der Waals surface area contributed by atoms with Crippen LogP contribution in [0.3, 0.4) is 0 Å². The minimum Gasteiger partial charge on any atom is -0.466 e. The standard InChI is InChI=1S/C14H15Cl2FN2O2/c1-2-21-14(20)4-3-5-19-12-6-9(16)10(17)7-11(12)18-13(19)8-15/h6-7H,2-5,8H2,1H3. The number of esters is 1. The van der Waals surface area contributed by atoms with Crippen LogP contribution in [0, 0.1) is 5.82 Å². The van der Waals surface area contributed by atoms with E-state index in [-0.39, 0.29) is 16.9 Å². The summed E-state index contributed by atoms with van der Waals surface area (Å²) in [5, 5.41) is 0.0372. The molecular weight excluding hydrogens is 318 g/mol. The van der Waals surface area contributed by atoms with Crippen LogP contribution in [0.4, 0.5) is 4.39 Å². The van der Waals surface area contributed by atoms with Gasteiger partial charge in [0.1, 0.15) is 11.6 Å². The minimum absolute atomic E-state index is 0.0372. The highest BCUT2D eigenvalue weighted by atomic mass is 35.5. The Hall–Kier alpha value is -1.33. The lowest BCUT2D eigenvalue weighted by molar-refractivity contribution is -0.143. The molecular formula is C14H15Cl2FN2O2. The van der Waals surface area contributed by atoms with E-state index >= 15 is 0 Å². The van der Waals surface area contributed by atoms with Gasteiger partial charge >= 0.3 is 5.97 Å². The van der Waals surface area contributed by atoms with Gasteiger partial charge in [-0.2, -0.15) is 0 Å². The number of imidazole rings is 1. The summed E-state index contributed by atoms with van der Waals surface area (Å²) in [7, 11) is 0. The van der Waals surface area contributed by atoms with E-state index < -0.39 is 5.82 Å². The van der Waals surface area contributed by atoms with Crippen molar-refractivity contribution in [2.45, 2.75) is 32.2 Å². The molecule has 1 aromatic carbocycles. The van der Waals surface area contributed by atoms with Gasteiger partial charge in [0.05, 0.1) is 28.5 Å². The third-order valence-electron chi connectivity index (χ3n) is 3.06. The van der Waals surface area contributed by atoms with Crippen LogP contribution >= 0.6 is 23.2 Å². The van der Waals surface area contributed by atoms with Crippen LogP contribution in [0.15, 0.2) is 12.1 Å². The van der Waals surface area contributed by atoms with Gasteiger partial charge in [-0.05, 0) is 19.4 Å². The van der Waals surface area contributed by atoms with Gasteiger partial charge in [0.2, 0.25) is 0 Å². The summed E-state index contributed by atoms with van der Waals surface area (Å²) in [6, 6.07) is 2.81. The van der Waals surface area contributed by atoms with Crippen LogP contribution in [0.5, 0.6) is 0 Å². The Bertz CT molecular complexity index is 658. The number of alkyl halides is 1. The van der Waals surface area contributed by atoms with E-state index in [2.05, 4.69) is 4.98 Å². The van der Waals surface area contributed by atoms with Gasteiger partial charge in [0.25, 0.3) is 0 Å². The summed E-state index contributed by atoms with van der Waals surface area (Å²) in [4.78, 5) is 15.6. The normalized spacial score (nSPS) is 11.0. The van der Waals surface area contributed by atoms with Crippen LogP contribution < -0.4 is 0 Å². The average molecular weight is 333 g/mol. The molecule has 0 aliphatic carbocycles. The van der Waals surface area contributed by atoms with Crippen LogP contribution in [0.25, 0.3) is 11.0 Å². The molecule has 0 saturated carbocycles. The number of aryl methyl sites for hydroxylation is 1. The number of nitrogens with zero attached hydrogens (tertiary/aromatic N) is 2. The Balaban J connectivity index is 2.21. The summed E-state index contributed by atoms with van der Waals surface area (Å²) in [6.07, 6.45) is 0.896. The number of aromatic nitrogens is 2. The largest absolute Gasteiger partial charge is 0.466 e. The van der Waals surface area contributed by atoms with Gasteiger partial charge in [-0.3, -0.25) is 4.79 Å². The Morgan fingerprint density at radius 3 is 2.90 bits per heavy atom. The fourth-order valence-electron chi connectivity index (χ4n) is 2.14. The first-order valence-corrected chi connectivity index (χ1v) is 7.53. The maximum Gasteiger partial charge on any atom is 0.305 e. The zero-order chi connectivity index (χ0) is 15.4. The van der Waals surface area contributed by atoms with Crippen molar-refractivity contribution in [2.75, 3.05) is 6.61 Å². The third-order valence-corrected chi connectivity index (χ3v) is 3.59. The molecule has 0 fully saturated rings. The molecule has 0 bridgehead atoms. The molecule has 4 nitrogen and oxygen atoms in total. The van der Waals surface area contributed by atoms with E-state index in [4.69, 9.17) is 27.9 Å². The first-order chi connectivity index (χ1) is 10.1. The van der Waals surface area contributed by atoms with Crippen LogP contribution in [0.2, 0.25) is 5.02 Å². The van der Waals surface area contributed by atoms with Crippen molar-refractivity contribution in [1.29, 1.82) is 0 Å². The van der Waals surface area contributed by atoms with Crippen molar-refractivity contribution >= 4 is 40.2 Å². The molecule has 0 radical (unpaired) electrons. The zero-order valence-corrected chi connectivity index (χ0v) is 13.0. The lowest BCUT2D eigenvalue weighted by Gasteiger charge is -2.08. The maximum atomic E-state index is 13.5. The molecule has 0 unspecified atom stereocenters. The highest BCUT2D eigenvalue weighted by Crippen LogP contribution is 2.25. The van der Waals surface area contributed by atoms with Crippen LogP contribution in [-0.4, -0.2) is 22.1 Å². The first-order valence-electron chi connectivity index (χ1n) is 6.62. The quantitative estimate of drug-likeness (QED) is 0.595. The Morgan fingerprint density at radius 1 is 1.48 bits per heavy atom. The number of carbonyl (C=O) groups excluding carboxylic acids is 1. The molecule has 0 saturated heterocycles. The third kappa shape index (κ3) is 3.66. The molecule has 2 aromatic rings. The summed E-state index contributed by atoms with van der Waals surface area (Å²) in [5.74, 6) is 0.0740. The molecule has 1 heterocycles.